The molecule has 6 fully saturated rings. The van der Waals surface area contributed by atoms with Crippen LogP contribution >= 0.6 is 37.5 Å². The Kier molecular flexibility index (Phi) is 20.5. The van der Waals surface area contributed by atoms with Crippen LogP contribution in [0.2, 0.25) is 36.3 Å². The van der Waals surface area contributed by atoms with Crippen LogP contribution in [0, 0.1) is 0 Å². The van der Waals surface area contributed by atoms with E-state index in [4.69, 9.17) is 70.6 Å². The summed E-state index contributed by atoms with van der Waals surface area (Å²) in [7, 11) is -7.46. The Morgan fingerprint density at radius 2 is 1.17 bits per heavy atom. The number of ether oxygens (including phenoxy) is 10. The minimum atomic E-state index is -3.05. The first kappa shape index (κ1) is 68.3. The summed E-state index contributed by atoms with van der Waals surface area (Å²) in [6.45, 7) is 24.2. The Bertz CT molecular complexity index is 3160. The molecule has 10 rings (SSSR count). The van der Waals surface area contributed by atoms with E-state index in [2.05, 4.69) is 55.1 Å². The fourth-order valence-electron chi connectivity index (χ4n) is 11.9. The van der Waals surface area contributed by atoms with Gasteiger partial charge in [0.05, 0.1) is 62.8 Å². The molecule has 0 spiro atoms. The van der Waals surface area contributed by atoms with Gasteiger partial charge in [-0.3, -0.25) is 4.90 Å². The number of fused-ring (bicyclic) bond motifs is 4. The lowest BCUT2D eigenvalue weighted by Gasteiger charge is -2.36. The molecule has 31 heteroatoms. The van der Waals surface area contributed by atoms with Crippen molar-refractivity contribution in [2.75, 3.05) is 83.1 Å². The number of nitrogens with zero attached hydrogens (tertiary/aromatic N) is 9. The van der Waals surface area contributed by atoms with E-state index in [1.807, 2.05) is 48.5 Å². The predicted octanol–water partition coefficient (Wildman–Crippen LogP) is 8.84. The van der Waals surface area contributed by atoms with Crippen LogP contribution in [-0.4, -0.2) is 218 Å². The highest BCUT2D eigenvalue weighted by Gasteiger charge is 2.59. The molecule has 0 aromatic carbocycles. The maximum atomic E-state index is 13.7. The summed E-state index contributed by atoms with van der Waals surface area (Å²) in [5.74, 6) is -0.903. The largest absolute Gasteiger partial charge is 0.443 e. The van der Waals surface area contributed by atoms with Gasteiger partial charge in [-0.15, -0.1) is 0 Å². The lowest BCUT2D eigenvalue weighted by Crippen LogP contribution is -2.45. The number of nitrogens with one attached hydrogen (secondary N) is 1. The first-order valence-corrected chi connectivity index (χ1v) is 39.7. The second-order valence-corrected chi connectivity index (χ2v) is 40.9. The minimum absolute atomic E-state index is 0.0253. The molecule has 0 bridgehead atoms. The smallest absolute Gasteiger partial charge is 0.416 e. The topological polar surface area (TPSA) is 307 Å². The van der Waals surface area contributed by atoms with Gasteiger partial charge in [0, 0.05) is 26.8 Å². The zero-order valence-corrected chi connectivity index (χ0v) is 56.9. The predicted molar refractivity (Wildman–Crippen MR) is 329 cm³/mol. The summed E-state index contributed by atoms with van der Waals surface area (Å²) in [5, 5.41) is 41.4. The van der Waals surface area contributed by atoms with Crippen molar-refractivity contribution in [2.45, 2.75) is 215 Å². The van der Waals surface area contributed by atoms with Gasteiger partial charge in [-0.25, -0.2) is 14.2 Å². The van der Waals surface area contributed by atoms with Gasteiger partial charge in [0.25, 0.3) is 0 Å². The van der Waals surface area contributed by atoms with Gasteiger partial charge in [0.1, 0.15) is 62.3 Å². The van der Waals surface area contributed by atoms with Crippen LogP contribution < -0.4 is 10.2 Å². The Morgan fingerprint density at radius 3 is 1.66 bits per heavy atom. The molecule has 4 saturated heterocycles. The van der Waals surface area contributed by atoms with Crippen molar-refractivity contribution >= 4 is 85.4 Å². The second kappa shape index (κ2) is 26.2. The number of aliphatic hydroxyl groups excluding tert-OH is 3. The van der Waals surface area contributed by atoms with E-state index in [1.165, 1.54) is 26.2 Å². The van der Waals surface area contributed by atoms with E-state index in [1.54, 1.807) is 40.0 Å². The van der Waals surface area contributed by atoms with Crippen molar-refractivity contribution in [1.29, 1.82) is 0 Å². The molecule has 488 valence electrons. The second-order valence-electron chi connectivity index (χ2n) is 27.5. The fourth-order valence-corrected chi connectivity index (χ4v) is 15.2. The number of anilines is 2. The van der Waals surface area contributed by atoms with Crippen LogP contribution in [0.15, 0.2) is 12.4 Å². The molecule has 2 saturated carbocycles. The zero-order chi connectivity index (χ0) is 63.5. The Hall–Kier alpha value is -3.05. The average Bonchev–Trinajstić information content (AvgIpc) is 1.64. The van der Waals surface area contributed by atoms with E-state index in [9.17, 15) is 29.2 Å². The number of aliphatic hydroxyl groups is 3. The Labute approximate surface area is 519 Å². The third-order valence-corrected chi connectivity index (χ3v) is 23.6. The molecule has 87 heavy (non-hydrogen) atoms. The van der Waals surface area contributed by atoms with E-state index in [0.717, 1.165) is 44.6 Å². The number of rotatable bonds is 22. The molecule has 9 atom stereocenters. The molecule has 1 amide bonds. The van der Waals surface area contributed by atoms with Crippen molar-refractivity contribution in [2.24, 2.45) is 0 Å². The van der Waals surface area contributed by atoms with E-state index in [0.29, 0.717) is 46.4 Å². The molecule has 6 aliphatic rings. The maximum Gasteiger partial charge on any atom is 0.416 e. The van der Waals surface area contributed by atoms with E-state index < -0.39 is 125 Å². The number of aromatic nitrogens is 8. The number of amides is 1. The fraction of sp³-hybridized carbons (Fsp3) is 0.804. The highest BCUT2D eigenvalue weighted by atomic mass is 35.5. The lowest BCUT2D eigenvalue weighted by molar-refractivity contribution is -0.208. The third-order valence-electron chi connectivity index (χ3n) is 16.8. The molecule has 4 aliphatic heterocycles. The quantitative estimate of drug-likeness (QED) is 0.0247. The highest BCUT2D eigenvalue weighted by Crippen LogP contribution is 2.55. The van der Waals surface area contributed by atoms with Crippen molar-refractivity contribution in [1.82, 2.24) is 39.5 Å². The monoisotopic (exact) mass is 1320 g/mol. The van der Waals surface area contributed by atoms with Gasteiger partial charge in [-0.05, 0) is 130 Å². The van der Waals surface area contributed by atoms with Gasteiger partial charge < -0.3 is 77.1 Å². The summed E-state index contributed by atoms with van der Waals surface area (Å²) in [6.07, 6.45) is 5.56. The van der Waals surface area contributed by atoms with E-state index >= 15 is 0 Å². The number of carbonyl (C=O) groups excluding carboxylic acids is 1. The number of hydrogen-bond donors (Lipinski definition) is 4. The molecule has 8 heterocycles. The molecule has 26 nitrogen and oxygen atoms in total. The van der Waals surface area contributed by atoms with Gasteiger partial charge in [0.15, 0.2) is 51.8 Å². The summed E-state index contributed by atoms with van der Waals surface area (Å²) >= 11 is 12.9. The molecule has 0 radical (unpaired) electrons. The van der Waals surface area contributed by atoms with Crippen molar-refractivity contribution in [3.63, 3.8) is 0 Å². The molecule has 4 aromatic heterocycles. The molecule has 2 aliphatic carbocycles. The number of carbonyl (C=O) groups is 1. The first-order chi connectivity index (χ1) is 40.6. The molecule has 4 aromatic rings. The first-order valence-electron chi connectivity index (χ1n) is 30.0. The van der Waals surface area contributed by atoms with Crippen LogP contribution in [0.1, 0.15) is 112 Å². The Balaban J connectivity index is 0.000000217. The minimum Gasteiger partial charge on any atom is -0.443 e. The third kappa shape index (κ3) is 15.1. The van der Waals surface area contributed by atoms with Gasteiger partial charge in [-0.2, -0.15) is 30.1 Å². The van der Waals surface area contributed by atoms with Crippen LogP contribution in [0.5, 0.6) is 0 Å². The standard InChI is InChI=1S/C33H55ClN5O9PSi.C23H35ClN5O7P/c1-31(2,3)48-30(41)38(21-13-11-12-14-21)26-22-17-35-39(27(22)37-29(34)36-26)28-25-24(46-32(4,5)47-25)23(45-28)18-44-33(19-40,49(6,7)42)20-43-15-16-50(8,9)10;1-22(2)35-16-15(10-33-23(11-30,12-31)37(3,4)32)34-20(17(16)36-22)29-19-14(9-25-29)18(27-21(24)28-19)26-13-7-5-6-8-13/h17,21,23-25,28,40H,11-16,18-20H2,1-10H3;9,13,15-17,20,30-31H,5-8,10-12H2,1-4H3,(H,26,27,28)/t23-,24-,25-,28-,33?;15-,16-,17-,20-/m11/s1. The molecule has 1 unspecified atom stereocenters. The molecular formula is C56H90Cl2N10O16P2Si. The van der Waals surface area contributed by atoms with Crippen molar-refractivity contribution < 1.29 is 76.6 Å². The van der Waals surface area contributed by atoms with Crippen LogP contribution in [0.4, 0.5) is 16.4 Å². The number of halogens is 2. The van der Waals surface area contributed by atoms with Gasteiger partial charge in [-0.1, -0.05) is 45.3 Å². The van der Waals surface area contributed by atoms with E-state index in [-0.39, 0.29) is 36.4 Å². The number of hydrogen-bond acceptors (Lipinski definition) is 23. The molecule has 4 N–H and O–H groups in total. The maximum absolute atomic E-state index is 13.7. The summed E-state index contributed by atoms with van der Waals surface area (Å²) in [5.41, 5.74) is 0.115. The van der Waals surface area contributed by atoms with Crippen LogP contribution in [-0.2, 0) is 56.5 Å². The van der Waals surface area contributed by atoms with Crippen molar-refractivity contribution in [3.05, 3.63) is 23.0 Å². The summed E-state index contributed by atoms with van der Waals surface area (Å²) < 4.78 is 91.6. The van der Waals surface area contributed by atoms with Crippen LogP contribution in [0.3, 0.4) is 0 Å². The average molecular weight is 1320 g/mol. The van der Waals surface area contributed by atoms with Crippen molar-refractivity contribution in [3.8, 4) is 0 Å². The summed E-state index contributed by atoms with van der Waals surface area (Å²) in [4.78, 5) is 33.1. The van der Waals surface area contributed by atoms with Gasteiger partial charge in [0.2, 0.25) is 10.6 Å². The highest BCUT2D eigenvalue weighted by molar-refractivity contribution is 7.64. The zero-order valence-electron chi connectivity index (χ0n) is 52.6. The normalized spacial score (nSPS) is 26.7. The van der Waals surface area contributed by atoms with Crippen LogP contribution in [0.25, 0.3) is 22.1 Å². The Morgan fingerprint density at radius 1 is 0.713 bits per heavy atom. The SMILES string of the molecule is CC(C)(C)OC(=O)N(c1nc(Cl)nc2c1cnn2[C@@H]1O[C@H](COC(CO)(COCC[Si](C)(C)C)P(C)(C)=O)[C@H]2OC(C)(C)O[C@H]21)C1CCCC1.CC1(C)O[C@@H]2[C@H](O1)[C@@H](COC(CO)(CO)P(C)(C)=O)O[C@H]2n1ncc2c(NC3CCCC3)nc(Cl)nc21. The molecular weight excluding hydrogens is 1230 g/mol. The van der Waals surface area contributed by atoms with Gasteiger partial charge >= 0.3 is 6.09 Å². The lowest BCUT2D eigenvalue weighted by atomic mass is 10.1. The summed E-state index contributed by atoms with van der Waals surface area (Å²) in [6, 6.07) is 1.13.